The predicted molar refractivity (Wildman–Crippen MR) is 75.9 cm³/mol. The van der Waals surface area contributed by atoms with E-state index in [1.807, 2.05) is 42.1 Å². The molecule has 0 aliphatic carbocycles. The van der Waals surface area contributed by atoms with E-state index < -0.39 is 0 Å². The molecule has 0 bridgehead atoms. The largest absolute Gasteiger partial charge is 0.496 e. The first-order valence-electron chi connectivity index (χ1n) is 6.46. The zero-order valence-electron chi connectivity index (χ0n) is 11.6. The van der Waals surface area contributed by atoms with Crippen molar-refractivity contribution in [2.75, 3.05) is 7.11 Å². The molecule has 0 atom stereocenters. The second-order valence-corrected chi connectivity index (χ2v) is 4.66. The van der Waals surface area contributed by atoms with Crippen LogP contribution in [0.25, 0.3) is 0 Å². The minimum Gasteiger partial charge on any atom is -0.496 e. The van der Waals surface area contributed by atoms with Crippen molar-refractivity contribution in [2.45, 2.75) is 26.8 Å². The molecule has 3 nitrogen and oxygen atoms in total. The maximum Gasteiger partial charge on any atom is 0.164 e. The van der Waals surface area contributed by atoms with Crippen molar-refractivity contribution in [2.24, 2.45) is 0 Å². The lowest BCUT2D eigenvalue weighted by Crippen LogP contribution is -2.01. The van der Waals surface area contributed by atoms with E-state index in [1.165, 1.54) is 5.56 Å². The van der Waals surface area contributed by atoms with Crippen LogP contribution in [-0.2, 0) is 6.54 Å². The highest BCUT2D eigenvalue weighted by Crippen LogP contribution is 2.21. The van der Waals surface area contributed by atoms with Gasteiger partial charge in [0.25, 0.3) is 0 Å². The van der Waals surface area contributed by atoms with Crippen LogP contribution >= 0.6 is 0 Å². The number of ether oxygens (including phenoxy) is 1. The molecule has 0 N–H and O–H groups in total. The van der Waals surface area contributed by atoms with Gasteiger partial charge in [-0.2, -0.15) is 0 Å². The Balaban J connectivity index is 2.23. The van der Waals surface area contributed by atoms with Crippen LogP contribution in [0.3, 0.4) is 0 Å². The Morgan fingerprint density at radius 1 is 1.32 bits per heavy atom. The summed E-state index contributed by atoms with van der Waals surface area (Å²) in [7, 11) is 1.68. The molecule has 0 saturated carbocycles. The third-order valence-corrected chi connectivity index (χ3v) is 3.18. The molecule has 0 fully saturated rings. The second kappa shape index (κ2) is 5.74. The van der Waals surface area contributed by atoms with E-state index >= 15 is 0 Å². The van der Waals surface area contributed by atoms with Gasteiger partial charge in [0.15, 0.2) is 5.78 Å². The van der Waals surface area contributed by atoms with E-state index in [9.17, 15) is 4.79 Å². The Labute approximate surface area is 113 Å². The van der Waals surface area contributed by atoms with Crippen LogP contribution in [0.2, 0.25) is 0 Å². The van der Waals surface area contributed by atoms with Crippen LogP contribution in [0.4, 0.5) is 0 Å². The van der Waals surface area contributed by atoms with Crippen LogP contribution in [-0.4, -0.2) is 17.5 Å². The normalized spacial score (nSPS) is 10.5. The molecule has 3 heteroatoms. The van der Waals surface area contributed by atoms with Crippen molar-refractivity contribution in [1.82, 2.24) is 4.57 Å². The molecule has 1 heterocycles. The Morgan fingerprint density at radius 3 is 2.79 bits per heavy atom. The van der Waals surface area contributed by atoms with Gasteiger partial charge in [0, 0.05) is 29.9 Å². The van der Waals surface area contributed by atoms with Crippen molar-refractivity contribution in [3.05, 3.63) is 53.3 Å². The minimum atomic E-state index is 0.176. The average Bonchev–Trinajstić information content (AvgIpc) is 2.86. The summed E-state index contributed by atoms with van der Waals surface area (Å²) < 4.78 is 7.38. The van der Waals surface area contributed by atoms with Crippen molar-refractivity contribution in [1.29, 1.82) is 0 Å². The molecule has 0 radical (unpaired) electrons. The van der Waals surface area contributed by atoms with Gasteiger partial charge in [-0.15, -0.1) is 0 Å². The third-order valence-electron chi connectivity index (χ3n) is 3.18. The summed E-state index contributed by atoms with van der Waals surface area (Å²) in [6, 6.07) is 7.99. The molecule has 0 aliphatic rings. The first-order valence-corrected chi connectivity index (χ1v) is 6.46. The fraction of sp³-hybridized carbons (Fsp3) is 0.312. The lowest BCUT2D eigenvalue weighted by Gasteiger charge is -2.10. The predicted octanol–water partition coefficient (Wildman–Crippen LogP) is 3.45. The average molecular weight is 257 g/mol. The van der Waals surface area contributed by atoms with E-state index in [1.54, 1.807) is 7.11 Å². The number of methoxy groups -OCH3 is 1. The van der Waals surface area contributed by atoms with E-state index in [2.05, 4.69) is 13.0 Å². The molecule has 0 aliphatic heterocycles. The summed E-state index contributed by atoms with van der Waals surface area (Å²) in [6.45, 7) is 4.65. The van der Waals surface area contributed by atoms with Crippen LogP contribution in [0.5, 0.6) is 5.75 Å². The maximum atomic E-state index is 11.6. The van der Waals surface area contributed by atoms with Gasteiger partial charge in [-0.1, -0.05) is 24.6 Å². The number of aromatic nitrogens is 1. The second-order valence-electron chi connectivity index (χ2n) is 4.66. The van der Waals surface area contributed by atoms with Crippen LogP contribution < -0.4 is 4.74 Å². The molecular weight excluding hydrogens is 238 g/mol. The van der Waals surface area contributed by atoms with Crippen molar-refractivity contribution < 1.29 is 9.53 Å². The highest BCUT2D eigenvalue weighted by molar-refractivity contribution is 5.95. The van der Waals surface area contributed by atoms with Crippen LogP contribution in [0.1, 0.15) is 34.8 Å². The Kier molecular flexibility index (Phi) is 4.05. The number of rotatable bonds is 5. The number of hydrogen-bond acceptors (Lipinski definition) is 2. The van der Waals surface area contributed by atoms with E-state index in [4.69, 9.17) is 4.74 Å². The van der Waals surface area contributed by atoms with Gasteiger partial charge >= 0.3 is 0 Å². The molecular formula is C16H19NO2. The maximum absolute atomic E-state index is 11.6. The Hall–Kier alpha value is -2.03. The van der Waals surface area contributed by atoms with Gasteiger partial charge in [-0.25, -0.2) is 0 Å². The summed E-state index contributed by atoms with van der Waals surface area (Å²) >= 11 is 0. The molecule has 2 aromatic rings. The number of carbonyl (C=O) groups is 1. The molecule has 0 amide bonds. The monoisotopic (exact) mass is 257 g/mol. The summed E-state index contributed by atoms with van der Waals surface area (Å²) in [5.41, 5.74) is 3.09. The lowest BCUT2D eigenvalue weighted by molar-refractivity contribution is 0.0988. The molecule has 100 valence electrons. The van der Waals surface area contributed by atoms with Gasteiger partial charge in [0.1, 0.15) is 5.75 Å². The lowest BCUT2D eigenvalue weighted by atomic mass is 10.1. The minimum absolute atomic E-state index is 0.176. The van der Waals surface area contributed by atoms with Gasteiger partial charge in [-0.3, -0.25) is 4.79 Å². The number of ketones is 1. The smallest absolute Gasteiger partial charge is 0.164 e. The highest BCUT2D eigenvalue weighted by atomic mass is 16.5. The molecule has 0 spiro atoms. The SMILES string of the molecule is CCC(=O)c1ccn(Cc2cc(C)ccc2OC)c1. The van der Waals surface area contributed by atoms with Gasteiger partial charge < -0.3 is 9.30 Å². The molecule has 0 unspecified atom stereocenters. The van der Waals surface area contributed by atoms with E-state index in [-0.39, 0.29) is 5.78 Å². The molecule has 2 rings (SSSR count). The van der Waals surface area contributed by atoms with Crippen LogP contribution in [0, 0.1) is 6.92 Å². The molecule has 0 saturated heterocycles. The third kappa shape index (κ3) is 3.05. The van der Waals surface area contributed by atoms with Gasteiger partial charge in [0.2, 0.25) is 0 Å². The number of hydrogen-bond donors (Lipinski definition) is 0. The number of carbonyl (C=O) groups excluding carboxylic acids is 1. The number of aryl methyl sites for hydroxylation is 1. The zero-order chi connectivity index (χ0) is 13.8. The Bertz CT molecular complexity index is 584. The molecule has 19 heavy (non-hydrogen) atoms. The first kappa shape index (κ1) is 13.4. The number of Topliss-reactive ketones (excluding diaryl/α,β-unsaturated/α-hetero) is 1. The first-order chi connectivity index (χ1) is 9.13. The van der Waals surface area contributed by atoms with Gasteiger partial charge in [-0.05, 0) is 19.1 Å². The summed E-state index contributed by atoms with van der Waals surface area (Å²) in [4.78, 5) is 11.6. The topological polar surface area (TPSA) is 31.2 Å². The van der Waals surface area contributed by atoms with Crippen molar-refractivity contribution in [3.8, 4) is 5.75 Å². The zero-order valence-corrected chi connectivity index (χ0v) is 11.6. The van der Waals surface area contributed by atoms with Gasteiger partial charge in [0.05, 0.1) is 13.7 Å². The molecule has 1 aromatic heterocycles. The number of nitrogens with zero attached hydrogens (tertiary/aromatic N) is 1. The standard InChI is InChI=1S/C16H19NO2/c1-4-15(18)13-7-8-17(10-13)11-14-9-12(2)5-6-16(14)19-3/h5-10H,4,11H2,1-3H3. The summed E-state index contributed by atoms with van der Waals surface area (Å²) in [5.74, 6) is 1.05. The summed E-state index contributed by atoms with van der Waals surface area (Å²) in [6.07, 6.45) is 4.37. The van der Waals surface area contributed by atoms with E-state index in [0.717, 1.165) is 16.9 Å². The van der Waals surface area contributed by atoms with Crippen LogP contribution in [0.15, 0.2) is 36.7 Å². The fourth-order valence-electron chi connectivity index (χ4n) is 2.14. The quantitative estimate of drug-likeness (QED) is 0.768. The van der Waals surface area contributed by atoms with Crippen molar-refractivity contribution >= 4 is 5.78 Å². The molecule has 1 aromatic carbocycles. The Morgan fingerprint density at radius 2 is 2.11 bits per heavy atom. The fourth-order valence-corrected chi connectivity index (χ4v) is 2.14. The van der Waals surface area contributed by atoms with E-state index in [0.29, 0.717) is 13.0 Å². The summed E-state index contributed by atoms with van der Waals surface area (Å²) in [5, 5.41) is 0. The number of benzene rings is 1. The highest BCUT2D eigenvalue weighted by Gasteiger charge is 2.07. The van der Waals surface area contributed by atoms with Crippen molar-refractivity contribution in [3.63, 3.8) is 0 Å².